The van der Waals surface area contributed by atoms with Gasteiger partial charge in [0.05, 0.1) is 20.9 Å². The number of hydrogen-bond donors (Lipinski definition) is 1. The van der Waals surface area contributed by atoms with Crippen molar-refractivity contribution < 1.29 is 18.7 Å². The highest BCUT2D eigenvalue weighted by atomic mass is 19.1. The minimum Gasteiger partial charge on any atom is -0.493 e. The van der Waals surface area contributed by atoms with Gasteiger partial charge in [-0.2, -0.15) is 0 Å². The van der Waals surface area contributed by atoms with Crippen LogP contribution in [0.1, 0.15) is 10.4 Å². The first kappa shape index (κ1) is 19.0. The van der Waals surface area contributed by atoms with Crippen LogP contribution in [0.5, 0.6) is 11.5 Å². The number of rotatable bonds is 6. The number of carbonyl (C=O) groups excluding carboxylic acids is 1. The van der Waals surface area contributed by atoms with E-state index in [4.69, 9.17) is 9.47 Å². The Kier molecular flexibility index (Phi) is 6.13. The van der Waals surface area contributed by atoms with Crippen LogP contribution in [0, 0.1) is 5.82 Å². The highest BCUT2D eigenvalue weighted by molar-refractivity contribution is 5.94. The lowest BCUT2D eigenvalue weighted by molar-refractivity contribution is 0.0919. The molecule has 0 radical (unpaired) electrons. The summed E-state index contributed by atoms with van der Waals surface area (Å²) in [5.74, 6) is 0.733. The number of anilines is 1. The summed E-state index contributed by atoms with van der Waals surface area (Å²) in [5, 5.41) is 2.94. The van der Waals surface area contributed by atoms with Gasteiger partial charge in [-0.15, -0.1) is 0 Å². The molecule has 0 spiro atoms. The van der Waals surface area contributed by atoms with Gasteiger partial charge >= 0.3 is 0 Å². The molecule has 0 atom stereocenters. The fourth-order valence-electron chi connectivity index (χ4n) is 3.08. The van der Waals surface area contributed by atoms with Gasteiger partial charge in [-0.1, -0.05) is 0 Å². The molecule has 1 amide bonds. The Morgan fingerprint density at radius 1 is 1.00 bits per heavy atom. The van der Waals surface area contributed by atoms with E-state index >= 15 is 0 Å². The summed E-state index contributed by atoms with van der Waals surface area (Å²) in [5.41, 5.74) is 1.54. The predicted octanol–water partition coefficient (Wildman–Crippen LogP) is 2.35. The van der Waals surface area contributed by atoms with E-state index < -0.39 is 0 Å². The second-order valence-corrected chi connectivity index (χ2v) is 6.32. The summed E-state index contributed by atoms with van der Waals surface area (Å²) in [4.78, 5) is 16.8. The molecule has 1 fully saturated rings. The Bertz CT molecular complexity index is 775. The zero-order valence-electron chi connectivity index (χ0n) is 15.6. The van der Waals surface area contributed by atoms with Crippen molar-refractivity contribution in [3.8, 4) is 11.5 Å². The van der Waals surface area contributed by atoms with Crippen LogP contribution < -0.4 is 19.7 Å². The number of nitrogens with one attached hydrogen (secondary N) is 1. The minimum atomic E-state index is -0.227. The quantitative estimate of drug-likeness (QED) is 0.843. The van der Waals surface area contributed by atoms with Crippen LogP contribution in [0.3, 0.4) is 0 Å². The van der Waals surface area contributed by atoms with Crippen molar-refractivity contribution in [2.45, 2.75) is 0 Å². The summed E-state index contributed by atoms with van der Waals surface area (Å²) in [6.45, 7) is 3.79. The molecule has 0 bridgehead atoms. The highest BCUT2D eigenvalue weighted by Gasteiger charge is 2.18. The van der Waals surface area contributed by atoms with E-state index in [2.05, 4.69) is 15.1 Å². The van der Waals surface area contributed by atoms with Crippen LogP contribution in [-0.2, 0) is 0 Å². The predicted molar refractivity (Wildman–Crippen MR) is 102 cm³/mol. The molecule has 1 heterocycles. The Hall–Kier alpha value is -2.80. The number of ether oxygens (including phenoxy) is 2. The summed E-state index contributed by atoms with van der Waals surface area (Å²) < 4.78 is 23.5. The van der Waals surface area contributed by atoms with Crippen molar-refractivity contribution in [2.75, 3.05) is 52.0 Å². The van der Waals surface area contributed by atoms with Crippen molar-refractivity contribution in [3.63, 3.8) is 0 Å². The third-order valence-corrected chi connectivity index (χ3v) is 4.67. The molecule has 1 aliphatic heterocycles. The fraction of sp³-hybridized carbons (Fsp3) is 0.350. The number of benzene rings is 2. The minimum absolute atomic E-state index is 0.156. The molecule has 2 aromatic rings. The molecule has 1 aliphatic rings. The maximum Gasteiger partial charge on any atom is 0.252 e. The van der Waals surface area contributed by atoms with Crippen molar-refractivity contribution in [1.82, 2.24) is 10.2 Å². The average Bonchev–Trinajstić information content (AvgIpc) is 2.72. The fourth-order valence-corrected chi connectivity index (χ4v) is 3.08. The molecule has 1 saturated heterocycles. The monoisotopic (exact) mass is 373 g/mol. The van der Waals surface area contributed by atoms with Crippen LogP contribution >= 0.6 is 0 Å². The molecule has 0 saturated carbocycles. The van der Waals surface area contributed by atoms with Gasteiger partial charge in [0.15, 0.2) is 11.5 Å². The molecule has 1 N–H and O–H groups in total. The molecule has 7 heteroatoms. The molecule has 0 aromatic heterocycles. The first-order chi connectivity index (χ1) is 13.1. The third kappa shape index (κ3) is 4.68. The lowest BCUT2D eigenvalue weighted by Gasteiger charge is -2.36. The topological polar surface area (TPSA) is 54.0 Å². The van der Waals surface area contributed by atoms with Crippen molar-refractivity contribution in [2.24, 2.45) is 0 Å². The maximum atomic E-state index is 13.0. The van der Waals surface area contributed by atoms with Gasteiger partial charge in [0.2, 0.25) is 0 Å². The average molecular weight is 373 g/mol. The smallest absolute Gasteiger partial charge is 0.252 e. The van der Waals surface area contributed by atoms with E-state index in [1.54, 1.807) is 44.6 Å². The zero-order valence-corrected chi connectivity index (χ0v) is 15.6. The van der Waals surface area contributed by atoms with Gasteiger partial charge in [0.25, 0.3) is 5.91 Å². The van der Waals surface area contributed by atoms with E-state index in [1.807, 2.05) is 0 Å². The highest BCUT2D eigenvalue weighted by Crippen LogP contribution is 2.27. The molecular weight excluding hydrogens is 349 g/mol. The summed E-state index contributed by atoms with van der Waals surface area (Å²) in [6, 6.07) is 11.6. The summed E-state index contributed by atoms with van der Waals surface area (Å²) >= 11 is 0. The molecule has 144 valence electrons. The Labute approximate surface area is 158 Å². The number of carbonyl (C=O) groups is 1. The lowest BCUT2D eigenvalue weighted by atomic mass is 10.2. The number of piperazine rings is 1. The van der Waals surface area contributed by atoms with Crippen LogP contribution in [0.4, 0.5) is 10.1 Å². The molecular formula is C20H24FN3O3. The number of nitrogens with zero attached hydrogens (tertiary/aromatic N) is 2. The second-order valence-electron chi connectivity index (χ2n) is 6.32. The van der Waals surface area contributed by atoms with Crippen molar-refractivity contribution >= 4 is 11.6 Å². The summed E-state index contributed by atoms with van der Waals surface area (Å²) in [7, 11) is 3.10. The van der Waals surface area contributed by atoms with Gasteiger partial charge < -0.3 is 19.7 Å². The standard InChI is InChI=1S/C20H24FN3O3/c1-26-18-8-3-15(13-19(18)27-2)20(25)22-14-23-9-11-24(12-10-23)17-6-4-16(21)5-7-17/h3-8,13H,9-12,14H2,1-2H3,(H,22,25). The maximum absolute atomic E-state index is 13.0. The van der Waals surface area contributed by atoms with E-state index in [0.29, 0.717) is 23.7 Å². The van der Waals surface area contributed by atoms with Crippen LogP contribution in [0.15, 0.2) is 42.5 Å². The number of amides is 1. The van der Waals surface area contributed by atoms with Crippen LogP contribution in [-0.4, -0.2) is 57.9 Å². The number of hydrogen-bond acceptors (Lipinski definition) is 5. The SMILES string of the molecule is COc1ccc(C(=O)NCN2CCN(c3ccc(F)cc3)CC2)cc1OC. The van der Waals surface area contributed by atoms with Crippen molar-refractivity contribution in [1.29, 1.82) is 0 Å². The van der Waals surface area contributed by atoms with Crippen molar-refractivity contribution in [3.05, 3.63) is 53.8 Å². The zero-order chi connectivity index (χ0) is 19.2. The lowest BCUT2D eigenvalue weighted by Crippen LogP contribution is -2.50. The molecule has 6 nitrogen and oxygen atoms in total. The van der Waals surface area contributed by atoms with Gasteiger partial charge in [0.1, 0.15) is 5.82 Å². The van der Waals surface area contributed by atoms with Gasteiger partial charge in [0, 0.05) is 37.4 Å². The summed E-state index contributed by atoms with van der Waals surface area (Å²) in [6.07, 6.45) is 0. The normalized spacial score (nSPS) is 14.7. The Morgan fingerprint density at radius 2 is 1.67 bits per heavy atom. The van der Waals surface area contributed by atoms with E-state index in [9.17, 15) is 9.18 Å². The van der Waals surface area contributed by atoms with Crippen LogP contribution in [0.2, 0.25) is 0 Å². The van der Waals surface area contributed by atoms with Gasteiger partial charge in [-0.3, -0.25) is 9.69 Å². The second kappa shape index (κ2) is 8.73. The van der Waals surface area contributed by atoms with E-state index in [-0.39, 0.29) is 11.7 Å². The number of methoxy groups -OCH3 is 2. The first-order valence-corrected chi connectivity index (χ1v) is 8.84. The van der Waals surface area contributed by atoms with E-state index in [1.165, 1.54) is 12.1 Å². The molecule has 0 aliphatic carbocycles. The molecule has 2 aromatic carbocycles. The van der Waals surface area contributed by atoms with E-state index in [0.717, 1.165) is 31.9 Å². The molecule has 0 unspecified atom stereocenters. The van der Waals surface area contributed by atoms with Gasteiger partial charge in [-0.25, -0.2) is 4.39 Å². The Balaban J connectivity index is 1.49. The molecule has 3 rings (SSSR count). The Morgan fingerprint density at radius 3 is 2.30 bits per heavy atom. The number of halogens is 1. The van der Waals surface area contributed by atoms with Crippen LogP contribution in [0.25, 0.3) is 0 Å². The van der Waals surface area contributed by atoms with Gasteiger partial charge in [-0.05, 0) is 42.5 Å². The first-order valence-electron chi connectivity index (χ1n) is 8.84. The molecule has 27 heavy (non-hydrogen) atoms. The largest absolute Gasteiger partial charge is 0.493 e. The third-order valence-electron chi connectivity index (χ3n) is 4.67.